The summed E-state index contributed by atoms with van der Waals surface area (Å²) in [5.41, 5.74) is 1.52. The van der Waals surface area contributed by atoms with Gasteiger partial charge in [-0.25, -0.2) is 0 Å². The fourth-order valence-electron chi connectivity index (χ4n) is 2.31. The van der Waals surface area contributed by atoms with Gasteiger partial charge in [0, 0.05) is 5.02 Å². The SMILES string of the molecule is CC(C)CCOc1ccc(Cl)cc1C(=O)N[C@@H](C)c1ccccc1. The van der Waals surface area contributed by atoms with E-state index in [-0.39, 0.29) is 11.9 Å². The lowest BCUT2D eigenvalue weighted by Crippen LogP contribution is -2.27. The third-order valence-corrected chi connectivity index (χ3v) is 4.02. The first-order valence-electron chi connectivity index (χ1n) is 8.25. The molecule has 0 saturated carbocycles. The number of ether oxygens (including phenoxy) is 1. The van der Waals surface area contributed by atoms with Gasteiger partial charge < -0.3 is 10.1 Å². The maximum absolute atomic E-state index is 12.6. The Kier molecular flexibility index (Phi) is 6.68. The molecule has 4 heteroatoms. The molecule has 0 unspecified atom stereocenters. The highest BCUT2D eigenvalue weighted by atomic mass is 35.5. The van der Waals surface area contributed by atoms with E-state index < -0.39 is 0 Å². The number of hydrogen-bond acceptors (Lipinski definition) is 2. The highest BCUT2D eigenvalue weighted by molar-refractivity contribution is 6.31. The molecule has 0 aliphatic rings. The summed E-state index contributed by atoms with van der Waals surface area (Å²) < 4.78 is 5.79. The van der Waals surface area contributed by atoms with Crippen molar-refractivity contribution in [3.8, 4) is 5.75 Å². The Labute approximate surface area is 149 Å². The van der Waals surface area contributed by atoms with Crippen molar-refractivity contribution in [2.24, 2.45) is 5.92 Å². The number of benzene rings is 2. The lowest BCUT2D eigenvalue weighted by atomic mass is 10.1. The van der Waals surface area contributed by atoms with Gasteiger partial charge in [-0.2, -0.15) is 0 Å². The number of amides is 1. The van der Waals surface area contributed by atoms with Gasteiger partial charge in [0.05, 0.1) is 18.2 Å². The molecule has 24 heavy (non-hydrogen) atoms. The number of nitrogens with one attached hydrogen (secondary N) is 1. The monoisotopic (exact) mass is 345 g/mol. The van der Waals surface area contributed by atoms with Gasteiger partial charge in [0.1, 0.15) is 5.75 Å². The van der Waals surface area contributed by atoms with Gasteiger partial charge in [0.25, 0.3) is 5.91 Å². The van der Waals surface area contributed by atoms with Crippen LogP contribution in [0.3, 0.4) is 0 Å². The van der Waals surface area contributed by atoms with Crippen LogP contribution >= 0.6 is 11.6 Å². The van der Waals surface area contributed by atoms with E-state index in [1.54, 1.807) is 18.2 Å². The van der Waals surface area contributed by atoms with E-state index in [2.05, 4.69) is 19.2 Å². The molecule has 0 fully saturated rings. The molecule has 2 rings (SSSR count). The predicted octanol–water partition coefficient (Wildman–Crippen LogP) is 5.26. The predicted molar refractivity (Wildman–Crippen MR) is 98.7 cm³/mol. The lowest BCUT2D eigenvalue weighted by molar-refractivity contribution is 0.0935. The molecule has 0 saturated heterocycles. The second kappa shape index (κ2) is 8.74. The summed E-state index contributed by atoms with van der Waals surface area (Å²) in [7, 11) is 0. The maximum atomic E-state index is 12.6. The molecular weight excluding hydrogens is 322 g/mol. The molecule has 2 aromatic rings. The Morgan fingerprint density at radius 1 is 1.12 bits per heavy atom. The van der Waals surface area contributed by atoms with Crippen molar-refractivity contribution in [2.45, 2.75) is 33.2 Å². The number of halogens is 1. The summed E-state index contributed by atoms with van der Waals surface area (Å²) >= 11 is 6.06. The molecule has 0 aliphatic carbocycles. The number of hydrogen-bond donors (Lipinski definition) is 1. The standard InChI is InChI=1S/C20H24ClNO2/c1-14(2)11-12-24-19-10-9-17(21)13-18(19)20(23)22-15(3)16-7-5-4-6-8-16/h4-10,13-15H,11-12H2,1-3H3,(H,22,23)/t15-/m0/s1. The van der Waals surface area contributed by atoms with E-state index in [4.69, 9.17) is 16.3 Å². The minimum atomic E-state index is -0.187. The zero-order valence-corrected chi connectivity index (χ0v) is 15.1. The molecular formula is C20H24ClNO2. The van der Waals surface area contributed by atoms with Crippen LogP contribution in [0.15, 0.2) is 48.5 Å². The van der Waals surface area contributed by atoms with Gasteiger partial charge >= 0.3 is 0 Å². The molecule has 1 N–H and O–H groups in total. The normalized spacial score (nSPS) is 12.0. The third kappa shape index (κ3) is 5.27. The van der Waals surface area contributed by atoms with Crippen LogP contribution < -0.4 is 10.1 Å². The molecule has 0 aliphatic heterocycles. The molecule has 128 valence electrons. The summed E-state index contributed by atoms with van der Waals surface area (Å²) in [5, 5.41) is 3.52. The van der Waals surface area contributed by atoms with Crippen LogP contribution in [0.5, 0.6) is 5.75 Å². The Balaban J connectivity index is 2.11. The molecule has 0 radical (unpaired) electrons. The van der Waals surface area contributed by atoms with E-state index in [1.165, 1.54) is 0 Å². The molecule has 1 amide bonds. The smallest absolute Gasteiger partial charge is 0.255 e. The van der Waals surface area contributed by atoms with Gasteiger partial charge in [-0.15, -0.1) is 0 Å². The molecule has 3 nitrogen and oxygen atoms in total. The zero-order valence-electron chi connectivity index (χ0n) is 14.4. The van der Waals surface area contributed by atoms with Crippen LogP contribution in [-0.2, 0) is 0 Å². The summed E-state index contributed by atoms with van der Waals surface area (Å²) in [6.45, 7) is 6.81. The van der Waals surface area contributed by atoms with Gasteiger partial charge in [-0.3, -0.25) is 4.79 Å². The minimum Gasteiger partial charge on any atom is -0.493 e. The lowest BCUT2D eigenvalue weighted by Gasteiger charge is -2.17. The summed E-state index contributed by atoms with van der Waals surface area (Å²) in [5.74, 6) is 0.930. The number of carbonyl (C=O) groups excluding carboxylic acids is 1. The highest BCUT2D eigenvalue weighted by Crippen LogP contribution is 2.24. The van der Waals surface area contributed by atoms with Crippen molar-refractivity contribution in [2.75, 3.05) is 6.61 Å². The maximum Gasteiger partial charge on any atom is 0.255 e. The van der Waals surface area contributed by atoms with Crippen molar-refractivity contribution in [3.05, 3.63) is 64.7 Å². The topological polar surface area (TPSA) is 38.3 Å². The minimum absolute atomic E-state index is 0.0961. The Morgan fingerprint density at radius 3 is 2.50 bits per heavy atom. The van der Waals surface area contributed by atoms with E-state index in [0.717, 1.165) is 12.0 Å². The van der Waals surface area contributed by atoms with Gasteiger partial charge in [0.15, 0.2) is 0 Å². The van der Waals surface area contributed by atoms with Crippen molar-refractivity contribution in [1.82, 2.24) is 5.32 Å². The van der Waals surface area contributed by atoms with Crippen molar-refractivity contribution in [1.29, 1.82) is 0 Å². The van der Waals surface area contributed by atoms with Crippen molar-refractivity contribution >= 4 is 17.5 Å². The second-order valence-electron chi connectivity index (χ2n) is 6.28. The fraction of sp³-hybridized carbons (Fsp3) is 0.350. The van der Waals surface area contributed by atoms with Gasteiger partial charge in [-0.05, 0) is 43.0 Å². The quantitative estimate of drug-likeness (QED) is 0.743. The van der Waals surface area contributed by atoms with Crippen LogP contribution in [0, 0.1) is 5.92 Å². The number of carbonyl (C=O) groups is 1. The average molecular weight is 346 g/mol. The first-order valence-corrected chi connectivity index (χ1v) is 8.63. The average Bonchev–Trinajstić information content (AvgIpc) is 2.56. The van der Waals surface area contributed by atoms with E-state index in [1.807, 2.05) is 37.3 Å². The zero-order chi connectivity index (χ0) is 17.5. The molecule has 1 atom stereocenters. The molecule has 2 aromatic carbocycles. The number of rotatable bonds is 7. The molecule has 0 heterocycles. The van der Waals surface area contributed by atoms with Crippen molar-refractivity contribution in [3.63, 3.8) is 0 Å². The van der Waals surface area contributed by atoms with Crippen LogP contribution in [0.2, 0.25) is 5.02 Å². The summed E-state index contributed by atoms with van der Waals surface area (Å²) in [6.07, 6.45) is 0.935. The van der Waals surface area contributed by atoms with Crippen LogP contribution in [0.4, 0.5) is 0 Å². The van der Waals surface area contributed by atoms with Crippen LogP contribution in [0.25, 0.3) is 0 Å². The highest BCUT2D eigenvalue weighted by Gasteiger charge is 2.16. The molecule has 0 bridgehead atoms. The van der Waals surface area contributed by atoms with E-state index in [0.29, 0.717) is 28.9 Å². The second-order valence-corrected chi connectivity index (χ2v) is 6.71. The first-order chi connectivity index (χ1) is 11.5. The van der Waals surface area contributed by atoms with E-state index >= 15 is 0 Å². The van der Waals surface area contributed by atoms with Gasteiger partial charge in [0.2, 0.25) is 0 Å². The van der Waals surface area contributed by atoms with Gasteiger partial charge in [-0.1, -0.05) is 55.8 Å². The van der Waals surface area contributed by atoms with Crippen LogP contribution in [-0.4, -0.2) is 12.5 Å². The Morgan fingerprint density at radius 2 is 1.83 bits per heavy atom. The summed E-state index contributed by atoms with van der Waals surface area (Å²) in [4.78, 5) is 12.6. The fourth-order valence-corrected chi connectivity index (χ4v) is 2.48. The van der Waals surface area contributed by atoms with Crippen molar-refractivity contribution < 1.29 is 9.53 Å². The molecule has 0 spiro atoms. The Hall–Kier alpha value is -2.00. The summed E-state index contributed by atoms with van der Waals surface area (Å²) in [6, 6.07) is 14.9. The first kappa shape index (κ1) is 18.3. The van der Waals surface area contributed by atoms with E-state index in [9.17, 15) is 4.79 Å². The Bertz CT molecular complexity index is 671. The molecule has 0 aromatic heterocycles. The van der Waals surface area contributed by atoms with Crippen LogP contribution in [0.1, 0.15) is 49.2 Å². The largest absolute Gasteiger partial charge is 0.493 e. The third-order valence-electron chi connectivity index (χ3n) is 3.79.